The maximum atomic E-state index is 11.7. The molecule has 1 aromatic carbocycles. The molecule has 1 heterocycles. The van der Waals surface area contributed by atoms with Crippen molar-refractivity contribution >= 4 is 40.3 Å². The van der Waals surface area contributed by atoms with Gasteiger partial charge in [0.25, 0.3) is 11.1 Å². The highest BCUT2D eigenvalue weighted by atomic mass is 35.5. The molecule has 0 radical (unpaired) electrons. The Morgan fingerprint density at radius 2 is 1.88 bits per heavy atom. The van der Waals surface area contributed by atoms with Crippen LogP contribution in [0.5, 0.6) is 0 Å². The first-order valence-electron chi connectivity index (χ1n) is 4.61. The molecule has 1 aromatic rings. The Labute approximate surface area is 106 Å². The fourth-order valence-corrected chi connectivity index (χ4v) is 2.02. The number of benzene rings is 1. The normalized spacial score (nSPS) is 17.4. The van der Waals surface area contributed by atoms with Gasteiger partial charge in [-0.05, 0) is 36.0 Å². The summed E-state index contributed by atoms with van der Waals surface area (Å²) in [5.41, 5.74) is 0.412. The lowest BCUT2D eigenvalue weighted by molar-refractivity contribution is -0.115. The molecule has 2 rings (SSSR count). The molecule has 0 aliphatic carbocycles. The van der Waals surface area contributed by atoms with Crippen LogP contribution < -0.4 is 5.32 Å². The second-order valence-corrected chi connectivity index (χ2v) is 4.67. The molecule has 0 spiro atoms. The Balaban J connectivity index is 2.22. The van der Waals surface area contributed by atoms with E-state index in [1.165, 1.54) is 0 Å². The highest BCUT2D eigenvalue weighted by molar-refractivity contribution is 8.18. The Morgan fingerprint density at radius 3 is 2.41 bits per heavy atom. The quantitative estimate of drug-likeness (QED) is 0.660. The molecule has 0 unspecified atom stereocenters. The van der Waals surface area contributed by atoms with Crippen molar-refractivity contribution < 1.29 is 14.4 Å². The first-order chi connectivity index (χ1) is 8.06. The number of ketones is 1. The molecule has 0 saturated carbocycles. The van der Waals surface area contributed by atoms with Gasteiger partial charge in [-0.3, -0.25) is 19.7 Å². The van der Waals surface area contributed by atoms with Crippen molar-refractivity contribution in [1.29, 1.82) is 0 Å². The van der Waals surface area contributed by atoms with E-state index in [-0.39, 0.29) is 10.7 Å². The van der Waals surface area contributed by atoms with Gasteiger partial charge >= 0.3 is 0 Å². The van der Waals surface area contributed by atoms with Crippen LogP contribution in [0.3, 0.4) is 0 Å². The Bertz CT molecular complexity index is 536. The number of hydrogen-bond donors (Lipinski definition) is 1. The number of carbonyl (C=O) groups excluding carboxylic acids is 3. The molecule has 1 N–H and O–H groups in total. The summed E-state index contributed by atoms with van der Waals surface area (Å²) >= 11 is 6.40. The van der Waals surface area contributed by atoms with Gasteiger partial charge < -0.3 is 0 Å². The van der Waals surface area contributed by atoms with Crippen LogP contribution >= 0.6 is 23.4 Å². The lowest BCUT2D eigenvalue weighted by atomic mass is 10.1. The SMILES string of the molecule is O=C1NC(=O)/C(=C/C(=O)c2ccc(Cl)cc2)S1. The minimum atomic E-state index is -0.540. The average molecular weight is 268 g/mol. The van der Waals surface area contributed by atoms with Crippen molar-refractivity contribution in [2.24, 2.45) is 0 Å². The smallest absolute Gasteiger partial charge is 0.289 e. The van der Waals surface area contributed by atoms with Crippen LogP contribution in [0.1, 0.15) is 10.4 Å². The third-order valence-corrected chi connectivity index (χ3v) is 3.10. The number of halogens is 1. The molecule has 0 bridgehead atoms. The van der Waals surface area contributed by atoms with Gasteiger partial charge in [-0.2, -0.15) is 0 Å². The highest BCUT2D eigenvalue weighted by Crippen LogP contribution is 2.23. The van der Waals surface area contributed by atoms with Crippen molar-refractivity contribution in [3.63, 3.8) is 0 Å². The number of imide groups is 1. The molecule has 1 aliphatic heterocycles. The van der Waals surface area contributed by atoms with Crippen molar-refractivity contribution in [3.8, 4) is 0 Å². The van der Waals surface area contributed by atoms with E-state index in [0.29, 0.717) is 22.3 Å². The van der Waals surface area contributed by atoms with Gasteiger partial charge in [-0.25, -0.2) is 0 Å². The molecule has 1 saturated heterocycles. The predicted octanol–water partition coefficient (Wildman–Crippen LogP) is 2.39. The van der Waals surface area contributed by atoms with Gasteiger partial charge in [-0.15, -0.1) is 0 Å². The molecular weight excluding hydrogens is 262 g/mol. The summed E-state index contributed by atoms with van der Waals surface area (Å²) in [5.74, 6) is -0.878. The molecule has 0 atom stereocenters. The predicted molar refractivity (Wildman–Crippen MR) is 65.0 cm³/mol. The van der Waals surface area contributed by atoms with Gasteiger partial charge in [0, 0.05) is 16.7 Å². The standard InChI is InChI=1S/C11H6ClNO3S/c12-7-3-1-6(2-4-7)8(14)5-9-10(15)13-11(16)17-9/h1-5H,(H,13,15,16)/b9-5-. The lowest BCUT2D eigenvalue weighted by Crippen LogP contribution is -2.18. The van der Waals surface area contributed by atoms with Crippen molar-refractivity contribution in [1.82, 2.24) is 5.32 Å². The summed E-state index contributed by atoms with van der Waals surface area (Å²) in [7, 11) is 0. The molecule has 1 aliphatic rings. The maximum absolute atomic E-state index is 11.7. The van der Waals surface area contributed by atoms with Gasteiger partial charge in [0.1, 0.15) is 0 Å². The summed E-state index contributed by atoms with van der Waals surface area (Å²) in [6.07, 6.45) is 1.15. The van der Waals surface area contributed by atoms with Gasteiger partial charge in [0.05, 0.1) is 4.91 Å². The average Bonchev–Trinajstić information content (AvgIpc) is 2.58. The number of thioether (sulfide) groups is 1. The minimum absolute atomic E-state index is 0.106. The number of nitrogens with one attached hydrogen (secondary N) is 1. The first kappa shape index (κ1) is 11.9. The second-order valence-electron chi connectivity index (χ2n) is 3.22. The molecule has 4 nitrogen and oxygen atoms in total. The number of carbonyl (C=O) groups is 3. The molecular formula is C11H6ClNO3S. The van der Waals surface area contributed by atoms with Crippen LogP contribution in [-0.4, -0.2) is 16.9 Å². The van der Waals surface area contributed by atoms with E-state index < -0.39 is 11.1 Å². The summed E-state index contributed by atoms with van der Waals surface area (Å²) in [6.45, 7) is 0. The van der Waals surface area contributed by atoms with E-state index in [9.17, 15) is 14.4 Å². The Kier molecular flexibility index (Phi) is 3.31. The third kappa shape index (κ3) is 2.75. The maximum Gasteiger partial charge on any atom is 0.290 e. The summed E-state index contributed by atoms with van der Waals surface area (Å²) in [4.78, 5) is 33.9. The van der Waals surface area contributed by atoms with E-state index >= 15 is 0 Å². The molecule has 86 valence electrons. The molecule has 1 fully saturated rings. The summed E-state index contributed by atoms with van der Waals surface area (Å²) in [6, 6.07) is 6.28. The van der Waals surface area contributed by atoms with Gasteiger partial charge in [-0.1, -0.05) is 11.6 Å². The number of allylic oxidation sites excluding steroid dienone is 1. The van der Waals surface area contributed by atoms with E-state index in [2.05, 4.69) is 5.32 Å². The lowest BCUT2D eigenvalue weighted by Gasteiger charge is -1.96. The van der Waals surface area contributed by atoms with Gasteiger partial charge in [0.15, 0.2) is 5.78 Å². The van der Waals surface area contributed by atoms with Crippen LogP contribution in [0, 0.1) is 0 Å². The van der Waals surface area contributed by atoms with Crippen molar-refractivity contribution in [2.75, 3.05) is 0 Å². The number of amides is 2. The van der Waals surface area contributed by atoms with Crippen molar-refractivity contribution in [3.05, 3.63) is 45.8 Å². The summed E-state index contributed by atoms with van der Waals surface area (Å²) < 4.78 is 0. The molecule has 17 heavy (non-hydrogen) atoms. The Hall–Kier alpha value is -1.59. The monoisotopic (exact) mass is 267 g/mol. The van der Waals surface area contributed by atoms with E-state index in [1.807, 2.05) is 0 Å². The third-order valence-electron chi connectivity index (χ3n) is 2.03. The van der Waals surface area contributed by atoms with E-state index in [4.69, 9.17) is 11.6 Å². The molecule has 0 aromatic heterocycles. The summed E-state index contributed by atoms with van der Waals surface area (Å²) in [5, 5.41) is 2.13. The van der Waals surface area contributed by atoms with Crippen LogP contribution in [0.2, 0.25) is 5.02 Å². The number of rotatable bonds is 2. The van der Waals surface area contributed by atoms with Gasteiger partial charge in [0.2, 0.25) is 0 Å². The van der Waals surface area contributed by atoms with Crippen LogP contribution in [0.25, 0.3) is 0 Å². The first-order valence-corrected chi connectivity index (χ1v) is 5.80. The number of hydrogen-bond acceptors (Lipinski definition) is 4. The van der Waals surface area contributed by atoms with Crippen LogP contribution in [0.4, 0.5) is 4.79 Å². The largest absolute Gasteiger partial charge is 0.290 e. The molecule has 2 amide bonds. The van der Waals surface area contributed by atoms with Crippen molar-refractivity contribution in [2.45, 2.75) is 0 Å². The zero-order chi connectivity index (χ0) is 12.4. The van der Waals surface area contributed by atoms with Crippen LogP contribution in [-0.2, 0) is 4.79 Å². The minimum Gasteiger partial charge on any atom is -0.289 e. The fourth-order valence-electron chi connectivity index (χ4n) is 1.24. The molecule has 6 heteroatoms. The second kappa shape index (κ2) is 4.73. The van der Waals surface area contributed by atoms with E-state index in [0.717, 1.165) is 6.08 Å². The fraction of sp³-hybridized carbons (Fsp3) is 0. The topological polar surface area (TPSA) is 63.2 Å². The zero-order valence-electron chi connectivity index (χ0n) is 8.40. The van der Waals surface area contributed by atoms with Crippen LogP contribution in [0.15, 0.2) is 35.2 Å². The highest BCUT2D eigenvalue weighted by Gasteiger charge is 2.25. The Morgan fingerprint density at radius 1 is 1.24 bits per heavy atom. The van der Waals surface area contributed by atoms with E-state index in [1.54, 1.807) is 24.3 Å². The zero-order valence-corrected chi connectivity index (χ0v) is 9.97.